The van der Waals surface area contributed by atoms with E-state index in [1.54, 1.807) is 38.8 Å². The summed E-state index contributed by atoms with van der Waals surface area (Å²) in [6, 6.07) is 3.90. The maximum atomic E-state index is 13.2. The van der Waals surface area contributed by atoms with Crippen LogP contribution in [0.25, 0.3) is 10.2 Å². The number of nitrogens with one attached hydrogen (secondary N) is 1. The number of hydrogen-bond donors (Lipinski definition) is 2. The van der Waals surface area contributed by atoms with Gasteiger partial charge in [0.2, 0.25) is 5.91 Å². The van der Waals surface area contributed by atoms with E-state index < -0.39 is 11.6 Å². The SMILES string of the molecule is CC(C(=O)Nc1nc2ccc(F)cc2s1)N(C)CC(C)(C)O. The molecule has 2 rings (SSSR count). The lowest BCUT2D eigenvalue weighted by molar-refractivity contribution is -0.121. The largest absolute Gasteiger partial charge is 0.389 e. The van der Waals surface area contributed by atoms with Crippen molar-refractivity contribution >= 4 is 32.6 Å². The first-order valence-electron chi connectivity index (χ1n) is 6.95. The molecule has 0 aliphatic rings. The Morgan fingerprint density at radius 2 is 2.23 bits per heavy atom. The lowest BCUT2D eigenvalue weighted by Gasteiger charge is -2.29. The summed E-state index contributed by atoms with van der Waals surface area (Å²) in [7, 11) is 1.77. The third kappa shape index (κ3) is 4.22. The van der Waals surface area contributed by atoms with Gasteiger partial charge < -0.3 is 10.4 Å². The van der Waals surface area contributed by atoms with Crippen LogP contribution in [-0.2, 0) is 4.79 Å². The molecule has 0 bridgehead atoms. The van der Waals surface area contributed by atoms with Crippen molar-refractivity contribution in [2.45, 2.75) is 32.4 Å². The molecule has 120 valence electrons. The van der Waals surface area contributed by atoms with Crippen molar-refractivity contribution in [1.82, 2.24) is 9.88 Å². The average molecular weight is 325 g/mol. The number of benzene rings is 1. The Labute approximate surface area is 132 Å². The van der Waals surface area contributed by atoms with Crippen LogP contribution in [0.4, 0.5) is 9.52 Å². The van der Waals surface area contributed by atoms with Gasteiger partial charge in [-0.2, -0.15) is 0 Å². The van der Waals surface area contributed by atoms with Gasteiger partial charge >= 0.3 is 0 Å². The Balaban J connectivity index is 2.06. The van der Waals surface area contributed by atoms with Gasteiger partial charge in [-0.15, -0.1) is 0 Å². The summed E-state index contributed by atoms with van der Waals surface area (Å²) < 4.78 is 13.8. The number of amides is 1. The molecule has 22 heavy (non-hydrogen) atoms. The number of hydrogen-bond acceptors (Lipinski definition) is 5. The molecule has 0 saturated heterocycles. The number of aromatic nitrogens is 1. The summed E-state index contributed by atoms with van der Waals surface area (Å²) in [5.74, 6) is -0.543. The number of carbonyl (C=O) groups excluding carboxylic acids is 1. The maximum Gasteiger partial charge on any atom is 0.243 e. The van der Waals surface area contributed by atoms with Gasteiger partial charge in [0.1, 0.15) is 5.82 Å². The molecular weight excluding hydrogens is 305 g/mol. The minimum absolute atomic E-state index is 0.216. The fourth-order valence-electron chi connectivity index (χ4n) is 2.11. The molecule has 0 spiro atoms. The minimum atomic E-state index is -0.878. The van der Waals surface area contributed by atoms with Crippen molar-refractivity contribution in [2.24, 2.45) is 0 Å². The summed E-state index contributed by atoms with van der Waals surface area (Å²) in [6.07, 6.45) is 0. The first-order valence-corrected chi connectivity index (χ1v) is 7.77. The Morgan fingerprint density at radius 3 is 2.86 bits per heavy atom. The zero-order valence-electron chi connectivity index (χ0n) is 13.1. The van der Waals surface area contributed by atoms with Gasteiger partial charge in [-0.05, 0) is 46.0 Å². The summed E-state index contributed by atoms with van der Waals surface area (Å²) in [6.45, 7) is 5.51. The molecule has 1 atom stereocenters. The van der Waals surface area contributed by atoms with E-state index in [1.807, 2.05) is 0 Å². The van der Waals surface area contributed by atoms with Gasteiger partial charge in [0.05, 0.1) is 21.9 Å². The molecule has 2 N–H and O–H groups in total. The van der Waals surface area contributed by atoms with Gasteiger partial charge in [0, 0.05) is 6.54 Å². The molecule has 0 fully saturated rings. The number of carbonyl (C=O) groups is 1. The highest BCUT2D eigenvalue weighted by atomic mass is 32.1. The first-order chi connectivity index (χ1) is 10.2. The molecule has 0 aliphatic heterocycles. The van der Waals surface area contributed by atoms with Crippen molar-refractivity contribution in [3.8, 4) is 0 Å². The van der Waals surface area contributed by atoms with Gasteiger partial charge in [-0.1, -0.05) is 11.3 Å². The number of anilines is 1. The van der Waals surface area contributed by atoms with Crippen molar-refractivity contribution in [3.05, 3.63) is 24.0 Å². The second-order valence-corrected chi connectivity index (χ2v) is 7.05. The van der Waals surface area contributed by atoms with Crippen LogP contribution in [0.5, 0.6) is 0 Å². The summed E-state index contributed by atoms with van der Waals surface area (Å²) >= 11 is 1.23. The van der Waals surface area contributed by atoms with Gasteiger partial charge in [-0.3, -0.25) is 9.69 Å². The highest BCUT2D eigenvalue weighted by molar-refractivity contribution is 7.22. The fraction of sp³-hybridized carbons (Fsp3) is 0.467. The predicted molar refractivity (Wildman–Crippen MR) is 86.6 cm³/mol. The lowest BCUT2D eigenvalue weighted by atomic mass is 10.1. The number of nitrogens with zero attached hydrogens (tertiary/aromatic N) is 2. The Morgan fingerprint density at radius 1 is 1.55 bits per heavy atom. The number of aliphatic hydroxyl groups is 1. The van der Waals surface area contributed by atoms with Crippen molar-refractivity contribution < 1.29 is 14.3 Å². The molecule has 1 aromatic heterocycles. The second kappa shape index (κ2) is 6.28. The molecule has 1 aromatic carbocycles. The average Bonchev–Trinajstić information content (AvgIpc) is 2.76. The monoisotopic (exact) mass is 325 g/mol. The van der Waals surface area contributed by atoms with E-state index in [0.717, 1.165) is 0 Å². The minimum Gasteiger partial charge on any atom is -0.389 e. The normalized spacial score (nSPS) is 13.6. The smallest absolute Gasteiger partial charge is 0.243 e. The predicted octanol–water partition coefficient (Wildman–Crippen LogP) is 2.47. The van der Waals surface area contributed by atoms with E-state index in [9.17, 15) is 14.3 Å². The van der Waals surface area contributed by atoms with Crippen LogP contribution in [0.15, 0.2) is 18.2 Å². The van der Waals surface area contributed by atoms with Crippen LogP contribution in [0.3, 0.4) is 0 Å². The summed E-state index contributed by atoms with van der Waals surface area (Å²) in [5, 5.41) is 13.0. The number of likely N-dealkylation sites (N-methyl/N-ethyl adjacent to an activating group) is 1. The van der Waals surface area contributed by atoms with Gasteiger partial charge in [0.25, 0.3) is 0 Å². The Bertz CT molecular complexity index is 681. The molecule has 0 saturated carbocycles. The molecular formula is C15H20FN3O2S. The highest BCUT2D eigenvalue weighted by Crippen LogP contribution is 2.26. The zero-order chi connectivity index (χ0) is 16.5. The van der Waals surface area contributed by atoms with E-state index >= 15 is 0 Å². The number of rotatable bonds is 5. The van der Waals surface area contributed by atoms with Crippen LogP contribution < -0.4 is 5.32 Å². The van der Waals surface area contributed by atoms with E-state index in [0.29, 0.717) is 21.9 Å². The quantitative estimate of drug-likeness (QED) is 0.886. The van der Waals surface area contributed by atoms with Gasteiger partial charge in [-0.25, -0.2) is 9.37 Å². The molecule has 5 nitrogen and oxygen atoms in total. The molecule has 1 unspecified atom stereocenters. The van der Waals surface area contributed by atoms with Gasteiger partial charge in [0.15, 0.2) is 5.13 Å². The lowest BCUT2D eigenvalue weighted by Crippen LogP contribution is -2.46. The van der Waals surface area contributed by atoms with Crippen LogP contribution >= 0.6 is 11.3 Å². The maximum absolute atomic E-state index is 13.2. The van der Waals surface area contributed by atoms with Crippen LogP contribution in [0.2, 0.25) is 0 Å². The van der Waals surface area contributed by atoms with Crippen molar-refractivity contribution in [1.29, 1.82) is 0 Å². The fourth-order valence-corrected chi connectivity index (χ4v) is 3.00. The zero-order valence-corrected chi connectivity index (χ0v) is 13.9. The Kier molecular flexibility index (Phi) is 4.79. The summed E-state index contributed by atoms with van der Waals surface area (Å²) in [5.41, 5.74) is -0.226. The molecule has 2 aromatic rings. The first kappa shape index (κ1) is 16.8. The topological polar surface area (TPSA) is 65.5 Å². The highest BCUT2D eigenvalue weighted by Gasteiger charge is 2.24. The number of halogens is 1. The van der Waals surface area contributed by atoms with Crippen LogP contribution in [0, 0.1) is 5.82 Å². The molecule has 1 heterocycles. The third-order valence-corrected chi connectivity index (χ3v) is 4.19. The number of thiazole rings is 1. The third-order valence-electron chi connectivity index (χ3n) is 3.26. The molecule has 1 amide bonds. The van der Waals surface area contributed by atoms with Crippen molar-refractivity contribution in [3.63, 3.8) is 0 Å². The van der Waals surface area contributed by atoms with E-state index in [-0.39, 0.29) is 11.7 Å². The number of fused-ring (bicyclic) bond motifs is 1. The van der Waals surface area contributed by atoms with E-state index in [1.165, 1.54) is 23.5 Å². The van der Waals surface area contributed by atoms with E-state index in [2.05, 4.69) is 10.3 Å². The molecule has 7 heteroatoms. The summed E-state index contributed by atoms with van der Waals surface area (Å²) in [4.78, 5) is 18.3. The standard InChI is InChI=1S/C15H20FN3O2S/c1-9(19(4)8-15(2,3)21)13(20)18-14-17-11-6-5-10(16)7-12(11)22-14/h5-7,9,21H,8H2,1-4H3,(H,17,18,20). The van der Waals surface area contributed by atoms with E-state index in [4.69, 9.17) is 0 Å². The second-order valence-electron chi connectivity index (χ2n) is 6.02. The van der Waals surface area contributed by atoms with Crippen LogP contribution in [0.1, 0.15) is 20.8 Å². The molecule has 0 aliphatic carbocycles. The van der Waals surface area contributed by atoms with Crippen LogP contribution in [-0.4, -0.2) is 46.1 Å². The molecule has 0 radical (unpaired) electrons. The Hall–Kier alpha value is -1.57. The van der Waals surface area contributed by atoms with Crippen molar-refractivity contribution in [2.75, 3.05) is 18.9 Å².